The molecule has 0 radical (unpaired) electrons. The Morgan fingerprint density at radius 2 is 0.583 bits per heavy atom. The van der Waals surface area contributed by atoms with Gasteiger partial charge in [-0.3, -0.25) is 0 Å². The molecular formula is C21H15N3O12. The zero-order valence-corrected chi connectivity index (χ0v) is 17.6. The Bertz CT molecular complexity index is 1320. The number of benzene rings is 1. The second-order valence-electron chi connectivity index (χ2n) is 7.24. The Kier molecular flexibility index (Phi) is 5.17. The van der Waals surface area contributed by atoms with Crippen molar-refractivity contribution < 1.29 is 60.3 Å². The van der Waals surface area contributed by atoms with Crippen LogP contribution in [-0.2, 0) is 0 Å². The second kappa shape index (κ2) is 7.94. The summed E-state index contributed by atoms with van der Waals surface area (Å²) >= 11 is 0. The largest absolute Gasteiger partial charge is 0.494 e. The number of nitrogens with zero attached hydrogens (tertiary/aromatic N) is 3. The number of aromatic hydroxyl groups is 6. The van der Waals surface area contributed by atoms with Crippen molar-refractivity contribution in [3.8, 4) is 52.3 Å². The number of aromatic carboxylic acids is 3. The van der Waals surface area contributed by atoms with Crippen LogP contribution in [0.5, 0.6) is 35.3 Å². The number of hydrogen-bond donors (Lipinski definition) is 9. The third-order valence-corrected chi connectivity index (χ3v) is 5.25. The van der Waals surface area contributed by atoms with Gasteiger partial charge in [-0.15, -0.1) is 0 Å². The van der Waals surface area contributed by atoms with Gasteiger partial charge in [0.15, 0.2) is 35.3 Å². The van der Waals surface area contributed by atoms with Gasteiger partial charge < -0.3 is 46.0 Å². The fraction of sp³-hybridized carbons (Fsp3) is 0. The minimum Gasteiger partial charge on any atom is -0.494 e. The van der Waals surface area contributed by atoms with Gasteiger partial charge in [-0.2, -0.15) is 0 Å². The first kappa shape index (κ1) is 23.4. The molecule has 4 rings (SSSR count). The Morgan fingerprint density at radius 3 is 0.722 bits per heavy atom. The molecule has 0 fully saturated rings. The zero-order chi connectivity index (χ0) is 26.6. The van der Waals surface area contributed by atoms with Gasteiger partial charge in [0, 0.05) is 36.4 Å². The van der Waals surface area contributed by atoms with Crippen LogP contribution in [0.1, 0.15) is 31.1 Å². The van der Waals surface area contributed by atoms with E-state index in [0.29, 0.717) is 13.7 Å². The number of hydrogen-bond acceptors (Lipinski definition) is 9. The summed E-state index contributed by atoms with van der Waals surface area (Å²) in [6, 6.07) is 5.20. The molecule has 0 bridgehead atoms. The second-order valence-corrected chi connectivity index (χ2v) is 7.24. The normalized spacial score (nSPS) is 11.0. The van der Waals surface area contributed by atoms with Crippen molar-refractivity contribution in [3.63, 3.8) is 0 Å². The third kappa shape index (κ3) is 3.18. The average Bonchev–Trinajstić information content (AvgIpc) is 3.41. The standard InChI is InChI=1S/C21H15N3O12/c25-7-1-2-8(26)22(7)16-13(19(31)32)17(23-9(27)3-4-10(23)28)15(21(35)36)18(14(16)20(33)34)24-11(29)5-6-12(24)30/h1-6,25-30H,(H,31,32)(H,33,34)(H,35,36). The smallest absolute Gasteiger partial charge is 0.340 e. The lowest BCUT2D eigenvalue weighted by Crippen LogP contribution is -2.23. The molecule has 0 amide bonds. The maximum Gasteiger partial charge on any atom is 0.340 e. The molecule has 0 aliphatic carbocycles. The maximum absolute atomic E-state index is 12.5. The lowest BCUT2D eigenvalue weighted by Gasteiger charge is -2.24. The molecule has 4 aromatic rings. The molecule has 0 atom stereocenters. The fourth-order valence-corrected chi connectivity index (χ4v) is 3.92. The van der Waals surface area contributed by atoms with Crippen LogP contribution in [-0.4, -0.2) is 77.6 Å². The Balaban J connectivity index is 2.48. The molecule has 1 aromatic carbocycles. The van der Waals surface area contributed by atoms with Gasteiger partial charge in [0.2, 0.25) is 0 Å². The average molecular weight is 501 g/mol. The minimum atomic E-state index is -2.00. The molecule has 15 heteroatoms. The molecule has 15 nitrogen and oxygen atoms in total. The number of aromatic nitrogens is 3. The van der Waals surface area contributed by atoms with E-state index < -0.39 is 86.9 Å². The summed E-state index contributed by atoms with van der Waals surface area (Å²) in [4.78, 5) is 37.5. The number of carboxylic acids is 3. The van der Waals surface area contributed by atoms with Crippen LogP contribution < -0.4 is 0 Å². The first-order valence-corrected chi connectivity index (χ1v) is 9.62. The lowest BCUT2D eigenvalue weighted by atomic mass is 9.95. The Hall–Kier alpha value is -5.73. The molecule has 0 spiro atoms. The van der Waals surface area contributed by atoms with E-state index in [-0.39, 0.29) is 0 Å². The Labute approximate surface area is 198 Å². The lowest BCUT2D eigenvalue weighted by molar-refractivity contribution is 0.0695. The SMILES string of the molecule is O=C(O)c1c(-n2c(O)ccc2O)c(C(=O)O)c(-n2c(O)ccc2O)c(C(=O)O)c1-n1c(O)ccc1O. The van der Waals surface area contributed by atoms with Crippen molar-refractivity contribution in [1.29, 1.82) is 0 Å². The summed E-state index contributed by atoms with van der Waals surface area (Å²) in [5, 5.41) is 92.3. The van der Waals surface area contributed by atoms with Crippen molar-refractivity contribution in [2.75, 3.05) is 0 Å². The van der Waals surface area contributed by atoms with Crippen molar-refractivity contribution >= 4 is 17.9 Å². The van der Waals surface area contributed by atoms with Crippen LogP contribution >= 0.6 is 0 Å². The van der Waals surface area contributed by atoms with E-state index >= 15 is 0 Å². The van der Waals surface area contributed by atoms with Gasteiger partial charge in [0.1, 0.15) is 16.7 Å². The first-order valence-electron chi connectivity index (χ1n) is 9.62. The molecule has 0 saturated heterocycles. The van der Waals surface area contributed by atoms with E-state index in [1.165, 1.54) is 0 Å². The van der Waals surface area contributed by atoms with Crippen molar-refractivity contribution in [2.45, 2.75) is 0 Å². The summed E-state index contributed by atoms with van der Waals surface area (Å²) < 4.78 is 1.04. The molecule has 3 heterocycles. The first-order chi connectivity index (χ1) is 16.9. The summed E-state index contributed by atoms with van der Waals surface area (Å²) in [5.41, 5.74) is -6.73. The monoisotopic (exact) mass is 501 g/mol. The van der Waals surface area contributed by atoms with Crippen LogP contribution in [0.15, 0.2) is 36.4 Å². The van der Waals surface area contributed by atoms with Gasteiger partial charge in [0.25, 0.3) is 0 Å². The number of carbonyl (C=O) groups is 3. The molecule has 0 aliphatic heterocycles. The third-order valence-electron chi connectivity index (χ3n) is 5.25. The number of carboxylic acid groups (broad SMARTS) is 3. The fourth-order valence-electron chi connectivity index (χ4n) is 3.92. The van der Waals surface area contributed by atoms with Crippen LogP contribution in [0, 0.1) is 0 Å². The summed E-state index contributed by atoms with van der Waals surface area (Å²) in [6.07, 6.45) is 0. The van der Waals surface area contributed by atoms with Gasteiger partial charge in [-0.1, -0.05) is 0 Å². The molecule has 0 unspecified atom stereocenters. The van der Waals surface area contributed by atoms with Crippen LogP contribution in [0.25, 0.3) is 17.1 Å². The highest BCUT2D eigenvalue weighted by molar-refractivity contribution is 6.13. The topological polar surface area (TPSA) is 248 Å². The van der Waals surface area contributed by atoms with Gasteiger partial charge >= 0.3 is 17.9 Å². The van der Waals surface area contributed by atoms with E-state index in [1.807, 2.05) is 0 Å². The molecule has 9 N–H and O–H groups in total. The van der Waals surface area contributed by atoms with Gasteiger partial charge in [0.05, 0.1) is 17.1 Å². The molecule has 186 valence electrons. The van der Waals surface area contributed by atoms with Crippen LogP contribution in [0.2, 0.25) is 0 Å². The van der Waals surface area contributed by atoms with E-state index in [9.17, 15) is 60.3 Å². The van der Waals surface area contributed by atoms with Crippen molar-refractivity contribution in [2.24, 2.45) is 0 Å². The summed E-state index contributed by atoms with van der Waals surface area (Å²) in [5.74, 6) is -11.3. The van der Waals surface area contributed by atoms with E-state index in [0.717, 1.165) is 36.4 Å². The molecule has 36 heavy (non-hydrogen) atoms. The molecule has 0 saturated carbocycles. The summed E-state index contributed by atoms with van der Waals surface area (Å²) in [6.45, 7) is 0. The Morgan fingerprint density at radius 1 is 0.417 bits per heavy atom. The molecule has 3 aromatic heterocycles. The highest BCUT2D eigenvalue weighted by Gasteiger charge is 2.39. The number of rotatable bonds is 6. The molecular weight excluding hydrogens is 486 g/mol. The van der Waals surface area contributed by atoms with Crippen LogP contribution in [0.4, 0.5) is 0 Å². The van der Waals surface area contributed by atoms with Crippen molar-refractivity contribution in [3.05, 3.63) is 53.1 Å². The van der Waals surface area contributed by atoms with Crippen LogP contribution in [0.3, 0.4) is 0 Å². The van der Waals surface area contributed by atoms with Crippen molar-refractivity contribution in [1.82, 2.24) is 13.7 Å². The summed E-state index contributed by atoms with van der Waals surface area (Å²) in [7, 11) is 0. The zero-order valence-electron chi connectivity index (χ0n) is 17.6. The van der Waals surface area contributed by atoms with Gasteiger partial charge in [-0.05, 0) is 0 Å². The minimum absolute atomic E-state index is 0.348. The highest BCUT2D eigenvalue weighted by atomic mass is 16.4. The van der Waals surface area contributed by atoms with E-state index in [1.54, 1.807) is 0 Å². The predicted molar refractivity (Wildman–Crippen MR) is 115 cm³/mol. The quantitative estimate of drug-likeness (QED) is 0.182. The predicted octanol–water partition coefficient (Wildman–Crippen LogP) is 1.39. The van der Waals surface area contributed by atoms with E-state index in [2.05, 4.69) is 0 Å². The van der Waals surface area contributed by atoms with Gasteiger partial charge in [-0.25, -0.2) is 28.1 Å². The molecule has 0 aliphatic rings. The maximum atomic E-state index is 12.5. The van der Waals surface area contributed by atoms with E-state index in [4.69, 9.17) is 0 Å². The highest BCUT2D eigenvalue weighted by Crippen LogP contribution is 2.44.